The molecule has 2 atom stereocenters. The number of nitrogens with two attached hydrogens (primary N) is 1. The second-order valence-corrected chi connectivity index (χ2v) is 6.18. The first-order valence-corrected chi connectivity index (χ1v) is 7.52. The van der Waals surface area contributed by atoms with Gasteiger partial charge in [0.25, 0.3) is 0 Å². The maximum atomic E-state index is 6.18. The van der Waals surface area contributed by atoms with Gasteiger partial charge in [-0.15, -0.1) is 0 Å². The second kappa shape index (κ2) is 6.06. The van der Waals surface area contributed by atoms with Gasteiger partial charge in [-0.25, -0.2) is 0 Å². The number of likely N-dealkylation sites (N-methyl/N-ethyl adjacent to an activating group) is 1. The van der Waals surface area contributed by atoms with Crippen LogP contribution in [0.2, 0.25) is 0 Å². The Morgan fingerprint density at radius 2 is 1.89 bits per heavy atom. The third-order valence-electron chi connectivity index (χ3n) is 5.00. The van der Waals surface area contributed by atoms with E-state index in [0.717, 1.165) is 13.0 Å². The molecule has 1 saturated carbocycles. The molecule has 1 aliphatic rings. The maximum Gasteiger partial charge on any atom is 0.0244 e. The number of rotatable bonds is 4. The lowest BCUT2D eigenvalue weighted by molar-refractivity contribution is 0.231. The summed E-state index contributed by atoms with van der Waals surface area (Å²) in [4.78, 5) is 2.46. The van der Waals surface area contributed by atoms with Crippen LogP contribution in [0.25, 0.3) is 0 Å². The highest BCUT2D eigenvalue weighted by molar-refractivity contribution is 5.38. The Kier molecular flexibility index (Phi) is 4.64. The van der Waals surface area contributed by atoms with Crippen LogP contribution < -0.4 is 5.73 Å². The lowest BCUT2D eigenvalue weighted by Crippen LogP contribution is -2.43. The van der Waals surface area contributed by atoms with Crippen LogP contribution in [0.1, 0.15) is 41.5 Å². The molecule has 0 bridgehead atoms. The lowest BCUT2D eigenvalue weighted by Gasteiger charge is -2.28. The molecule has 1 aromatic rings. The number of hydrogen-bond donors (Lipinski definition) is 1. The smallest absolute Gasteiger partial charge is 0.0244 e. The summed E-state index contributed by atoms with van der Waals surface area (Å²) in [6.07, 6.45) is 4.88. The van der Waals surface area contributed by atoms with Crippen molar-refractivity contribution in [2.24, 2.45) is 5.73 Å². The summed E-state index contributed by atoms with van der Waals surface area (Å²) in [5.41, 5.74) is 12.0. The molecule has 0 heterocycles. The summed E-state index contributed by atoms with van der Waals surface area (Å²) >= 11 is 0. The molecule has 0 saturated heterocycles. The van der Waals surface area contributed by atoms with Crippen LogP contribution in [0.3, 0.4) is 0 Å². The predicted molar refractivity (Wildman–Crippen MR) is 82.6 cm³/mol. The molecule has 0 aromatic heterocycles. The fourth-order valence-corrected chi connectivity index (χ4v) is 3.26. The van der Waals surface area contributed by atoms with Crippen molar-refractivity contribution in [2.45, 2.75) is 58.5 Å². The molecule has 1 aliphatic carbocycles. The molecule has 0 amide bonds. The summed E-state index contributed by atoms with van der Waals surface area (Å²) in [5, 5.41) is 0. The van der Waals surface area contributed by atoms with Crippen molar-refractivity contribution in [3.63, 3.8) is 0 Å². The largest absolute Gasteiger partial charge is 0.326 e. The summed E-state index contributed by atoms with van der Waals surface area (Å²) < 4.78 is 0. The van der Waals surface area contributed by atoms with E-state index < -0.39 is 0 Å². The summed E-state index contributed by atoms with van der Waals surface area (Å²) in [7, 11) is 2.23. The average molecular weight is 260 g/mol. The third kappa shape index (κ3) is 3.18. The Bertz CT molecular complexity index is 439. The standard InChI is InChI=1S/C17H28N2/c1-12-8-9-15(14(3)13(12)2)10-11-19(4)17-7-5-6-16(17)18/h8-9,16-17H,5-7,10-11,18H2,1-4H3. The zero-order valence-corrected chi connectivity index (χ0v) is 12.9. The second-order valence-electron chi connectivity index (χ2n) is 6.18. The van der Waals surface area contributed by atoms with E-state index in [0.29, 0.717) is 12.1 Å². The van der Waals surface area contributed by atoms with Crippen molar-refractivity contribution in [1.82, 2.24) is 4.90 Å². The molecule has 0 radical (unpaired) electrons. The summed E-state index contributed by atoms with van der Waals surface area (Å²) in [5.74, 6) is 0. The minimum atomic E-state index is 0.380. The molecular formula is C17H28N2. The van der Waals surface area contributed by atoms with Crippen LogP contribution in [0.5, 0.6) is 0 Å². The molecule has 106 valence electrons. The normalized spacial score (nSPS) is 23.3. The highest BCUT2D eigenvalue weighted by Gasteiger charge is 2.27. The van der Waals surface area contributed by atoms with Crippen LogP contribution in [0.4, 0.5) is 0 Å². The zero-order chi connectivity index (χ0) is 14.0. The molecule has 2 unspecified atom stereocenters. The average Bonchev–Trinajstić information content (AvgIpc) is 2.81. The predicted octanol–water partition coefficient (Wildman–Crippen LogP) is 2.97. The molecule has 0 aliphatic heterocycles. The van der Waals surface area contributed by atoms with Crippen LogP contribution in [-0.4, -0.2) is 30.6 Å². The van der Waals surface area contributed by atoms with Crippen molar-refractivity contribution < 1.29 is 0 Å². The van der Waals surface area contributed by atoms with Gasteiger partial charge in [0, 0.05) is 18.6 Å². The Morgan fingerprint density at radius 1 is 1.16 bits per heavy atom. The topological polar surface area (TPSA) is 29.3 Å². The molecule has 2 rings (SSSR count). The van der Waals surface area contributed by atoms with Crippen molar-refractivity contribution in [2.75, 3.05) is 13.6 Å². The van der Waals surface area contributed by atoms with Crippen LogP contribution in [0.15, 0.2) is 12.1 Å². The highest BCUT2D eigenvalue weighted by atomic mass is 15.1. The zero-order valence-electron chi connectivity index (χ0n) is 12.9. The van der Waals surface area contributed by atoms with Gasteiger partial charge in [0.1, 0.15) is 0 Å². The molecular weight excluding hydrogens is 232 g/mol. The lowest BCUT2D eigenvalue weighted by atomic mass is 9.97. The van der Waals surface area contributed by atoms with Gasteiger partial charge in [-0.1, -0.05) is 18.6 Å². The first-order chi connectivity index (χ1) is 9.00. The van der Waals surface area contributed by atoms with Gasteiger partial charge < -0.3 is 10.6 Å². The van der Waals surface area contributed by atoms with E-state index in [-0.39, 0.29) is 0 Å². The molecule has 1 aromatic carbocycles. The van der Waals surface area contributed by atoms with Gasteiger partial charge in [-0.3, -0.25) is 0 Å². The van der Waals surface area contributed by atoms with Crippen LogP contribution in [-0.2, 0) is 6.42 Å². The highest BCUT2D eigenvalue weighted by Crippen LogP contribution is 2.23. The number of hydrogen-bond acceptors (Lipinski definition) is 2. The van der Waals surface area contributed by atoms with E-state index in [1.165, 1.54) is 41.5 Å². The Labute approximate surface area is 118 Å². The van der Waals surface area contributed by atoms with E-state index in [9.17, 15) is 0 Å². The number of benzene rings is 1. The van der Waals surface area contributed by atoms with Gasteiger partial charge in [-0.2, -0.15) is 0 Å². The molecule has 2 nitrogen and oxygen atoms in total. The Balaban J connectivity index is 1.97. The van der Waals surface area contributed by atoms with Crippen molar-refractivity contribution in [3.8, 4) is 0 Å². The molecule has 2 N–H and O–H groups in total. The molecule has 2 heteroatoms. The molecule has 1 fully saturated rings. The van der Waals surface area contributed by atoms with Gasteiger partial charge in [0.15, 0.2) is 0 Å². The van der Waals surface area contributed by atoms with Crippen molar-refractivity contribution in [1.29, 1.82) is 0 Å². The maximum absolute atomic E-state index is 6.18. The van der Waals surface area contributed by atoms with E-state index in [2.05, 4.69) is 44.9 Å². The van der Waals surface area contributed by atoms with Gasteiger partial charge in [-0.05, 0) is 69.3 Å². The molecule has 0 spiro atoms. The first-order valence-electron chi connectivity index (χ1n) is 7.52. The van der Waals surface area contributed by atoms with Gasteiger partial charge in [0.05, 0.1) is 0 Å². The van der Waals surface area contributed by atoms with E-state index >= 15 is 0 Å². The number of nitrogens with zero attached hydrogens (tertiary/aromatic N) is 1. The fraction of sp³-hybridized carbons (Fsp3) is 0.647. The quantitative estimate of drug-likeness (QED) is 0.902. The van der Waals surface area contributed by atoms with Crippen molar-refractivity contribution in [3.05, 3.63) is 34.4 Å². The van der Waals surface area contributed by atoms with Crippen LogP contribution in [0, 0.1) is 20.8 Å². The van der Waals surface area contributed by atoms with E-state index in [1.807, 2.05) is 0 Å². The van der Waals surface area contributed by atoms with E-state index in [1.54, 1.807) is 0 Å². The Hall–Kier alpha value is -0.860. The van der Waals surface area contributed by atoms with Gasteiger partial charge >= 0.3 is 0 Å². The number of aryl methyl sites for hydroxylation is 1. The molecule has 19 heavy (non-hydrogen) atoms. The first kappa shape index (κ1) is 14.5. The fourth-order valence-electron chi connectivity index (χ4n) is 3.26. The van der Waals surface area contributed by atoms with E-state index in [4.69, 9.17) is 5.73 Å². The monoisotopic (exact) mass is 260 g/mol. The SMILES string of the molecule is Cc1ccc(CCN(C)C2CCCC2N)c(C)c1C. The van der Waals surface area contributed by atoms with Crippen LogP contribution >= 0.6 is 0 Å². The van der Waals surface area contributed by atoms with Crippen molar-refractivity contribution >= 4 is 0 Å². The third-order valence-corrected chi connectivity index (χ3v) is 5.00. The minimum Gasteiger partial charge on any atom is -0.326 e. The minimum absolute atomic E-state index is 0.380. The summed E-state index contributed by atoms with van der Waals surface area (Å²) in [6.45, 7) is 7.78. The Morgan fingerprint density at radius 3 is 2.53 bits per heavy atom. The van der Waals surface area contributed by atoms with Gasteiger partial charge in [0.2, 0.25) is 0 Å². The summed E-state index contributed by atoms with van der Waals surface area (Å²) in [6, 6.07) is 5.51.